The minimum absolute atomic E-state index is 0. The summed E-state index contributed by atoms with van der Waals surface area (Å²) in [7, 11) is 0. The number of rotatable bonds is 6. The van der Waals surface area contributed by atoms with Crippen LogP contribution in [0.2, 0.25) is 0 Å². The van der Waals surface area contributed by atoms with Crippen molar-refractivity contribution < 1.29 is 15.1 Å². The van der Waals surface area contributed by atoms with Crippen molar-refractivity contribution >= 4 is 72.8 Å². The molecule has 6 rings (SSSR count). The third kappa shape index (κ3) is 9.72. The fourth-order valence-electron chi connectivity index (χ4n) is 8.02. The number of aryl methyl sites for hydroxylation is 4. The van der Waals surface area contributed by atoms with Gasteiger partial charge >= 0.3 is 0 Å². The van der Waals surface area contributed by atoms with Crippen molar-refractivity contribution in [2.75, 3.05) is 36.8 Å². The number of nitrogens with zero attached hydrogens (tertiary/aromatic N) is 2. The van der Waals surface area contributed by atoms with Crippen LogP contribution in [0, 0.1) is 27.7 Å². The van der Waals surface area contributed by atoms with Gasteiger partial charge < -0.3 is 16.1 Å². The van der Waals surface area contributed by atoms with Gasteiger partial charge in [0.15, 0.2) is 0 Å². The average molecular weight is 709 g/mol. The number of halogens is 4. The number of carbonyl (C=O) groups is 2. The summed E-state index contributed by atoms with van der Waals surface area (Å²) in [5.41, 5.74) is 6.90. The Morgan fingerprint density at radius 1 is 0.578 bits per heavy atom. The van der Waals surface area contributed by atoms with Gasteiger partial charge in [0.25, 0.3) is 0 Å². The minimum Gasteiger partial charge on any atom is -0.412 e. The van der Waals surface area contributed by atoms with Crippen LogP contribution in [0.15, 0.2) is 36.4 Å². The SMILES string of the molecule is Cc1cccc(C)c1NC(=O)CC12CCCN1CCC2.Cc1cccc(C)c1NC(=O)CC12CCCN1CCC2.Cl.Cl.Cl.Cl.O. The number of hydrogen-bond acceptors (Lipinski definition) is 4. The molecule has 2 aromatic carbocycles. The Balaban J connectivity index is 0.000000774. The van der Waals surface area contributed by atoms with Crippen LogP contribution in [-0.4, -0.2) is 64.3 Å². The zero-order valence-electron chi connectivity index (χ0n) is 27.2. The summed E-state index contributed by atoms with van der Waals surface area (Å²) in [6, 6.07) is 12.3. The van der Waals surface area contributed by atoms with E-state index in [0.29, 0.717) is 12.8 Å². The summed E-state index contributed by atoms with van der Waals surface area (Å²) < 4.78 is 0. The average Bonchev–Trinajstić information content (AvgIpc) is 3.65. The highest BCUT2D eigenvalue weighted by Crippen LogP contribution is 2.42. The second-order valence-corrected chi connectivity index (χ2v) is 12.8. The van der Waals surface area contributed by atoms with Gasteiger partial charge in [-0.25, -0.2) is 0 Å². The zero-order chi connectivity index (χ0) is 28.3. The van der Waals surface area contributed by atoms with Crippen LogP contribution in [0.5, 0.6) is 0 Å². The van der Waals surface area contributed by atoms with Crippen LogP contribution in [-0.2, 0) is 9.59 Å². The summed E-state index contributed by atoms with van der Waals surface area (Å²) >= 11 is 0. The minimum atomic E-state index is 0. The molecule has 0 spiro atoms. The van der Waals surface area contributed by atoms with Gasteiger partial charge in [-0.2, -0.15) is 0 Å². The van der Waals surface area contributed by atoms with Crippen LogP contribution < -0.4 is 10.6 Å². The number of fused-ring (bicyclic) bond motifs is 2. The molecule has 0 atom stereocenters. The molecule has 45 heavy (non-hydrogen) atoms. The van der Waals surface area contributed by atoms with Crippen LogP contribution in [0.3, 0.4) is 0 Å². The van der Waals surface area contributed by atoms with Gasteiger partial charge in [0, 0.05) is 35.3 Å². The maximum absolute atomic E-state index is 12.5. The summed E-state index contributed by atoms with van der Waals surface area (Å²) in [6.07, 6.45) is 11.0. The van der Waals surface area contributed by atoms with Gasteiger partial charge in [-0.1, -0.05) is 36.4 Å². The normalized spacial score (nSPS) is 18.6. The van der Waals surface area contributed by atoms with Gasteiger partial charge in [0.05, 0.1) is 0 Å². The molecule has 0 aromatic heterocycles. The molecular weight excluding hydrogens is 654 g/mol. The number of benzene rings is 2. The lowest BCUT2D eigenvalue weighted by atomic mass is 9.90. The van der Waals surface area contributed by atoms with Crippen molar-refractivity contribution in [3.8, 4) is 0 Å². The molecule has 7 nitrogen and oxygen atoms in total. The number of hydrogen-bond donors (Lipinski definition) is 2. The fraction of sp³-hybridized carbons (Fsp3) is 0.588. The number of carbonyl (C=O) groups excluding carboxylic acids is 2. The Morgan fingerprint density at radius 3 is 1.11 bits per heavy atom. The standard InChI is InChI=1S/2C17H24N2O.4ClH.H2O/c2*1-13-6-3-7-14(2)16(13)18-15(20)12-17-8-4-10-19(17)11-5-9-17;;;;;/h2*3,6-7H,4-5,8-12H2,1-2H3,(H,18,20);4*1H;1H2. The molecule has 4 heterocycles. The molecule has 4 aliphatic rings. The van der Waals surface area contributed by atoms with Crippen LogP contribution in [0.4, 0.5) is 11.4 Å². The van der Waals surface area contributed by atoms with Crippen molar-refractivity contribution in [3.05, 3.63) is 58.7 Å². The molecule has 0 saturated carbocycles. The maximum Gasteiger partial charge on any atom is 0.226 e. The molecule has 0 aliphatic carbocycles. The van der Waals surface area contributed by atoms with E-state index in [-0.39, 0.29) is 78.0 Å². The summed E-state index contributed by atoms with van der Waals surface area (Å²) in [5.74, 6) is 0.354. The molecule has 4 fully saturated rings. The first kappa shape index (κ1) is 43.4. The van der Waals surface area contributed by atoms with Gasteiger partial charge in [0.2, 0.25) is 11.8 Å². The molecule has 0 radical (unpaired) electrons. The number of amides is 2. The highest BCUT2D eigenvalue weighted by Gasteiger charge is 2.46. The maximum atomic E-state index is 12.5. The van der Waals surface area contributed by atoms with Crippen LogP contribution >= 0.6 is 49.6 Å². The molecule has 2 aromatic rings. The Morgan fingerprint density at radius 2 is 0.844 bits per heavy atom. The summed E-state index contributed by atoms with van der Waals surface area (Å²) in [6.45, 7) is 12.9. The molecule has 0 unspecified atom stereocenters. The summed E-state index contributed by atoms with van der Waals surface area (Å²) in [4.78, 5) is 30.0. The van der Waals surface area contributed by atoms with Crippen molar-refractivity contribution in [2.45, 2.75) is 103 Å². The zero-order valence-corrected chi connectivity index (χ0v) is 30.5. The third-order valence-corrected chi connectivity index (χ3v) is 10.1. The Bertz CT molecular complexity index is 1110. The topological polar surface area (TPSA) is 96.2 Å². The fourth-order valence-corrected chi connectivity index (χ4v) is 8.02. The number of nitrogens with one attached hydrogen (secondary N) is 2. The van der Waals surface area contributed by atoms with E-state index in [1.807, 2.05) is 12.1 Å². The molecule has 4 saturated heterocycles. The Kier molecular flexibility index (Phi) is 18.0. The van der Waals surface area contributed by atoms with Gasteiger partial charge in [-0.05, 0) is 127 Å². The third-order valence-electron chi connectivity index (χ3n) is 10.1. The first-order chi connectivity index (χ1) is 19.2. The predicted molar refractivity (Wildman–Crippen MR) is 196 cm³/mol. The van der Waals surface area contributed by atoms with Crippen molar-refractivity contribution in [3.63, 3.8) is 0 Å². The molecule has 0 bridgehead atoms. The predicted octanol–water partition coefficient (Wildman–Crippen LogP) is 7.38. The van der Waals surface area contributed by atoms with E-state index in [1.165, 1.54) is 77.5 Å². The monoisotopic (exact) mass is 706 g/mol. The smallest absolute Gasteiger partial charge is 0.226 e. The second kappa shape index (κ2) is 18.7. The molecule has 256 valence electrons. The Hall–Kier alpha value is -1.58. The van der Waals surface area contributed by atoms with Crippen molar-refractivity contribution in [1.82, 2.24) is 9.80 Å². The molecule has 2 amide bonds. The van der Waals surface area contributed by atoms with Crippen molar-refractivity contribution in [2.24, 2.45) is 0 Å². The van der Waals surface area contributed by atoms with E-state index in [2.05, 4.69) is 72.4 Å². The first-order valence-electron chi connectivity index (χ1n) is 15.4. The van der Waals surface area contributed by atoms with E-state index in [1.54, 1.807) is 0 Å². The van der Waals surface area contributed by atoms with Gasteiger partial charge in [-0.15, -0.1) is 49.6 Å². The lowest BCUT2D eigenvalue weighted by Gasteiger charge is -2.31. The quantitative estimate of drug-likeness (QED) is 0.328. The molecule has 4 aliphatic heterocycles. The van der Waals surface area contributed by atoms with E-state index in [4.69, 9.17) is 0 Å². The molecule has 11 heteroatoms. The Labute approximate surface area is 295 Å². The van der Waals surface area contributed by atoms with Gasteiger partial charge in [-0.3, -0.25) is 19.4 Å². The number of anilines is 2. The van der Waals surface area contributed by atoms with Crippen LogP contribution in [0.25, 0.3) is 0 Å². The molecular formula is C34H54Cl4N4O3. The first-order valence-corrected chi connectivity index (χ1v) is 15.4. The molecule has 4 N–H and O–H groups in total. The van der Waals surface area contributed by atoms with E-state index in [9.17, 15) is 9.59 Å². The lowest BCUT2D eigenvalue weighted by Crippen LogP contribution is -2.41. The van der Waals surface area contributed by atoms with Gasteiger partial charge in [0.1, 0.15) is 0 Å². The number of para-hydroxylation sites is 2. The second-order valence-electron chi connectivity index (χ2n) is 12.8. The van der Waals surface area contributed by atoms with E-state index in [0.717, 1.165) is 33.6 Å². The lowest BCUT2D eigenvalue weighted by molar-refractivity contribution is -0.119. The van der Waals surface area contributed by atoms with E-state index >= 15 is 0 Å². The van der Waals surface area contributed by atoms with E-state index < -0.39 is 0 Å². The largest absolute Gasteiger partial charge is 0.412 e. The highest BCUT2D eigenvalue weighted by atomic mass is 35.5. The highest BCUT2D eigenvalue weighted by molar-refractivity contribution is 5.94. The van der Waals surface area contributed by atoms with Crippen molar-refractivity contribution in [1.29, 1.82) is 0 Å². The van der Waals surface area contributed by atoms with Crippen LogP contribution in [0.1, 0.15) is 86.5 Å². The summed E-state index contributed by atoms with van der Waals surface area (Å²) in [5, 5.41) is 6.29.